The first-order chi connectivity index (χ1) is 12.7. The van der Waals surface area contributed by atoms with Crippen LogP contribution in [0.4, 0.5) is 4.39 Å². The molecule has 142 valence electrons. The Morgan fingerprint density at radius 3 is 2.19 bits per heavy atom. The second kappa shape index (κ2) is 11.6. The summed E-state index contributed by atoms with van der Waals surface area (Å²) >= 11 is 0. The van der Waals surface area contributed by atoms with Crippen LogP contribution in [0.15, 0.2) is 36.7 Å². The highest BCUT2D eigenvalue weighted by Crippen LogP contribution is 2.28. The zero-order valence-electron chi connectivity index (χ0n) is 16.1. The maximum absolute atomic E-state index is 13.3. The summed E-state index contributed by atoms with van der Waals surface area (Å²) in [7, 11) is 0. The summed E-state index contributed by atoms with van der Waals surface area (Å²) in [6.07, 6.45) is 12.3. The fourth-order valence-corrected chi connectivity index (χ4v) is 2.88. The first-order valence-corrected chi connectivity index (χ1v) is 9.90. The number of para-hydroxylation sites is 1. The maximum Gasteiger partial charge on any atom is 0.162 e. The lowest BCUT2D eigenvalue weighted by Crippen LogP contribution is -2.00. The molecule has 1 heterocycles. The summed E-state index contributed by atoms with van der Waals surface area (Å²) < 4.78 is 19.3. The summed E-state index contributed by atoms with van der Waals surface area (Å²) in [5, 5.41) is 0. The normalized spacial score (nSPS) is 12.1. The second-order valence-electron chi connectivity index (χ2n) is 6.78. The number of alkyl halides is 1. The van der Waals surface area contributed by atoms with Crippen LogP contribution in [-0.2, 0) is 0 Å². The standard InChI is InChI=1S/C22H31FN2O/c1-3-4-5-6-7-8-9-12-15-26-21-14-11-10-13-20(21)22-24-16-19(17-25-22)18(2)23/h10-11,13-14,16-18H,3-9,12,15H2,1-2H3. The quantitative estimate of drug-likeness (QED) is 0.396. The number of nitrogens with zero attached hydrogens (tertiary/aromatic N) is 2. The molecule has 3 nitrogen and oxygen atoms in total. The number of unbranched alkanes of at least 4 members (excludes halogenated alkanes) is 7. The van der Waals surface area contributed by atoms with Crippen molar-refractivity contribution in [1.29, 1.82) is 0 Å². The minimum atomic E-state index is -1.06. The van der Waals surface area contributed by atoms with Crippen LogP contribution in [0.5, 0.6) is 5.75 Å². The number of hydrogen-bond donors (Lipinski definition) is 0. The highest BCUT2D eigenvalue weighted by Gasteiger charge is 2.10. The molecule has 1 aromatic carbocycles. The van der Waals surface area contributed by atoms with Crippen molar-refractivity contribution in [2.75, 3.05) is 6.61 Å². The third-order valence-corrected chi connectivity index (χ3v) is 4.51. The van der Waals surface area contributed by atoms with Gasteiger partial charge in [-0.25, -0.2) is 14.4 Å². The summed E-state index contributed by atoms with van der Waals surface area (Å²) in [5.74, 6) is 1.36. The fraction of sp³-hybridized carbons (Fsp3) is 0.545. The molecule has 1 unspecified atom stereocenters. The summed E-state index contributed by atoms with van der Waals surface area (Å²) in [4.78, 5) is 8.59. The molecule has 0 fully saturated rings. The van der Waals surface area contributed by atoms with Crippen LogP contribution < -0.4 is 4.74 Å². The van der Waals surface area contributed by atoms with Crippen LogP contribution in [0.25, 0.3) is 11.4 Å². The molecule has 0 bridgehead atoms. The highest BCUT2D eigenvalue weighted by molar-refractivity contribution is 5.63. The molecule has 0 aliphatic carbocycles. The molecule has 0 aliphatic rings. The second-order valence-corrected chi connectivity index (χ2v) is 6.78. The largest absolute Gasteiger partial charge is 0.493 e. The van der Waals surface area contributed by atoms with Crippen molar-refractivity contribution in [2.45, 2.75) is 71.4 Å². The Kier molecular flexibility index (Phi) is 9.08. The number of rotatable bonds is 12. The van der Waals surface area contributed by atoms with E-state index < -0.39 is 6.17 Å². The average Bonchev–Trinajstić information content (AvgIpc) is 2.67. The predicted molar refractivity (Wildman–Crippen MR) is 105 cm³/mol. The predicted octanol–water partition coefficient (Wildman–Crippen LogP) is 6.69. The smallest absolute Gasteiger partial charge is 0.162 e. The topological polar surface area (TPSA) is 35.0 Å². The minimum Gasteiger partial charge on any atom is -0.493 e. The summed E-state index contributed by atoms with van der Waals surface area (Å²) in [6, 6.07) is 7.77. The van der Waals surface area contributed by atoms with Crippen LogP contribution in [0.2, 0.25) is 0 Å². The molecule has 2 rings (SSSR count). The lowest BCUT2D eigenvalue weighted by molar-refractivity contribution is 0.305. The molecule has 0 aliphatic heterocycles. The Morgan fingerprint density at radius 1 is 0.923 bits per heavy atom. The maximum atomic E-state index is 13.3. The Labute approximate surface area is 157 Å². The lowest BCUT2D eigenvalue weighted by Gasteiger charge is -2.11. The van der Waals surface area contributed by atoms with E-state index in [2.05, 4.69) is 16.9 Å². The van der Waals surface area contributed by atoms with Crippen molar-refractivity contribution in [3.63, 3.8) is 0 Å². The Hall–Kier alpha value is -1.97. The van der Waals surface area contributed by atoms with Gasteiger partial charge >= 0.3 is 0 Å². The van der Waals surface area contributed by atoms with Gasteiger partial charge in [-0.15, -0.1) is 0 Å². The van der Waals surface area contributed by atoms with E-state index in [0.717, 1.165) is 17.7 Å². The van der Waals surface area contributed by atoms with Crippen LogP contribution in [-0.4, -0.2) is 16.6 Å². The molecule has 0 amide bonds. The molecule has 1 aromatic heterocycles. The first kappa shape index (κ1) is 20.3. The molecule has 0 saturated carbocycles. The van der Waals surface area contributed by atoms with Crippen molar-refractivity contribution in [3.8, 4) is 17.1 Å². The molecule has 0 N–H and O–H groups in total. The fourth-order valence-electron chi connectivity index (χ4n) is 2.88. The zero-order chi connectivity index (χ0) is 18.6. The third-order valence-electron chi connectivity index (χ3n) is 4.51. The number of hydrogen-bond acceptors (Lipinski definition) is 3. The Balaban J connectivity index is 1.80. The van der Waals surface area contributed by atoms with E-state index in [-0.39, 0.29) is 0 Å². The van der Waals surface area contributed by atoms with Gasteiger partial charge in [0.05, 0.1) is 12.2 Å². The molecule has 0 spiro atoms. The van der Waals surface area contributed by atoms with Gasteiger partial charge in [0.1, 0.15) is 11.9 Å². The van der Waals surface area contributed by atoms with E-state index in [1.807, 2.05) is 24.3 Å². The van der Waals surface area contributed by atoms with Crippen molar-refractivity contribution >= 4 is 0 Å². The molecule has 1 atom stereocenters. The molecule has 0 saturated heterocycles. The van der Waals surface area contributed by atoms with Gasteiger partial charge in [-0.05, 0) is 25.5 Å². The zero-order valence-corrected chi connectivity index (χ0v) is 16.1. The molecular weight excluding hydrogens is 327 g/mol. The molecule has 0 radical (unpaired) electrons. The van der Waals surface area contributed by atoms with Crippen molar-refractivity contribution in [2.24, 2.45) is 0 Å². The lowest BCUT2D eigenvalue weighted by atomic mass is 10.1. The average molecular weight is 359 g/mol. The molecule has 4 heteroatoms. The Bertz CT molecular complexity index is 628. The number of aromatic nitrogens is 2. The van der Waals surface area contributed by atoms with Crippen LogP contribution >= 0.6 is 0 Å². The van der Waals surface area contributed by atoms with Gasteiger partial charge in [0.15, 0.2) is 5.82 Å². The van der Waals surface area contributed by atoms with Crippen LogP contribution in [0.1, 0.15) is 76.9 Å². The van der Waals surface area contributed by atoms with E-state index in [4.69, 9.17) is 4.74 Å². The molecular formula is C22H31FN2O. The van der Waals surface area contributed by atoms with E-state index in [1.165, 1.54) is 51.9 Å². The van der Waals surface area contributed by atoms with E-state index >= 15 is 0 Å². The Morgan fingerprint density at radius 2 is 1.54 bits per heavy atom. The monoisotopic (exact) mass is 358 g/mol. The minimum absolute atomic E-state index is 0.492. The van der Waals surface area contributed by atoms with E-state index in [1.54, 1.807) is 12.4 Å². The van der Waals surface area contributed by atoms with Crippen molar-refractivity contribution in [1.82, 2.24) is 9.97 Å². The summed E-state index contributed by atoms with van der Waals surface area (Å²) in [5.41, 5.74) is 1.34. The third kappa shape index (κ3) is 6.74. The van der Waals surface area contributed by atoms with Crippen LogP contribution in [0.3, 0.4) is 0 Å². The van der Waals surface area contributed by atoms with Gasteiger partial charge in [0, 0.05) is 18.0 Å². The first-order valence-electron chi connectivity index (χ1n) is 9.90. The number of halogens is 1. The number of ether oxygens (including phenoxy) is 1. The molecule has 26 heavy (non-hydrogen) atoms. The van der Waals surface area contributed by atoms with Gasteiger partial charge in [0.2, 0.25) is 0 Å². The SMILES string of the molecule is CCCCCCCCCCOc1ccccc1-c1ncc(C(C)F)cn1. The van der Waals surface area contributed by atoms with Crippen molar-refractivity contribution < 1.29 is 9.13 Å². The van der Waals surface area contributed by atoms with E-state index in [9.17, 15) is 4.39 Å². The van der Waals surface area contributed by atoms with E-state index in [0.29, 0.717) is 18.0 Å². The van der Waals surface area contributed by atoms with Gasteiger partial charge in [-0.2, -0.15) is 0 Å². The van der Waals surface area contributed by atoms with Crippen LogP contribution in [0, 0.1) is 0 Å². The number of benzene rings is 1. The molecule has 2 aromatic rings. The van der Waals surface area contributed by atoms with Gasteiger partial charge in [-0.1, -0.05) is 64.0 Å². The summed E-state index contributed by atoms with van der Waals surface area (Å²) in [6.45, 7) is 4.43. The van der Waals surface area contributed by atoms with Gasteiger partial charge in [-0.3, -0.25) is 0 Å². The van der Waals surface area contributed by atoms with Gasteiger partial charge in [0.25, 0.3) is 0 Å². The highest BCUT2D eigenvalue weighted by atomic mass is 19.1. The van der Waals surface area contributed by atoms with Crippen molar-refractivity contribution in [3.05, 3.63) is 42.2 Å². The van der Waals surface area contributed by atoms with Gasteiger partial charge < -0.3 is 4.74 Å².